The third kappa shape index (κ3) is 10.1. The number of aromatic hydroxyl groups is 1. The predicted molar refractivity (Wildman–Crippen MR) is 146 cm³/mol. The molecule has 1 saturated heterocycles. The van der Waals surface area contributed by atoms with Crippen LogP contribution in [0, 0.1) is 0 Å². The van der Waals surface area contributed by atoms with E-state index < -0.39 is 47.8 Å². The van der Waals surface area contributed by atoms with Gasteiger partial charge in [0.1, 0.15) is 29.9 Å². The van der Waals surface area contributed by atoms with Crippen LogP contribution in [0.5, 0.6) is 5.75 Å². The summed E-state index contributed by atoms with van der Waals surface area (Å²) in [6.07, 6.45) is 2.15. The first-order valence-corrected chi connectivity index (χ1v) is 13.1. The molecule has 4 amide bonds. The molecule has 0 aliphatic carbocycles. The number of hydrogen-bond donors (Lipinski definition) is 9. The first-order chi connectivity index (χ1) is 18.1. The number of carbonyl (C=O) groups excluding carboxylic acids is 4. The number of phenolic OH excluding ortho intramolecular Hbond substituents is 1. The lowest BCUT2D eigenvalue weighted by Crippen LogP contribution is -2.62. The van der Waals surface area contributed by atoms with Crippen LogP contribution in [0.2, 0.25) is 0 Å². The van der Waals surface area contributed by atoms with Gasteiger partial charge in [-0.05, 0) is 56.3 Å². The van der Waals surface area contributed by atoms with Crippen LogP contribution >= 0.6 is 12.6 Å². The van der Waals surface area contributed by atoms with E-state index in [2.05, 4.69) is 38.9 Å². The van der Waals surface area contributed by atoms with Crippen molar-refractivity contribution in [3.05, 3.63) is 29.8 Å². The minimum absolute atomic E-state index is 0.0258. The summed E-state index contributed by atoms with van der Waals surface area (Å²) in [5, 5.41) is 20.3. The average molecular weight is 551 g/mol. The summed E-state index contributed by atoms with van der Waals surface area (Å²) < 4.78 is 0. The van der Waals surface area contributed by atoms with E-state index >= 15 is 0 Å². The fourth-order valence-electron chi connectivity index (χ4n) is 3.89. The Morgan fingerprint density at radius 3 is 1.84 bits per heavy atom. The fourth-order valence-corrected chi connectivity index (χ4v) is 4.15. The van der Waals surface area contributed by atoms with Crippen LogP contribution in [0.4, 0.5) is 0 Å². The Balaban J connectivity index is 2.35. The molecule has 1 fully saturated rings. The molecule has 11 N–H and O–H groups in total. The lowest BCUT2D eigenvalue weighted by molar-refractivity contribution is -0.136. The molecule has 0 radical (unpaired) electrons. The predicted octanol–water partition coefficient (Wildman–Crippen LogP) is -2.00. The van der Waals surface area contributed by atoms with E-state index in [4.69, 9.17) is 17.2 Å². The van der Waals surface area contributed by atoms with Crippen molar-refractivity contribution in [1.29, 1.82) is 0 Å². The quantitative estimate of drug-likeness (QED) is 0.0646. The summed E-state index contributed by atoms with van der Waals surface area (Å²) in [6, 6.07) is 2.11. The minimum atomic E-state index is -1.07. The van der Waals surface area contributed by atoms with Gasteiger partial charge in [0.05, 0.1) is 0 Å². The van der Waals surface area contributed by atoms with Crippen molar-refractivity contribution in [2.75, 3.05) is 18.8 Å². The van der Waals surface area contributed by atoms with E-state index in [0.29, 0.717) is 37.8 Å². The van der Waals surface area contributed by atoms with Crippen LogP contribution in [0.15, 0.2) is 29.3 Å². The molecule has 1 aromatic rings. The highest BCUT2D eigenvalue weighted by Gasteiger charge is 2.33. The standard InChI is InChI=1S/C24H38N8O5S/c25-10-2-1-4-16-21(35)32-19(13-38)23(37)31-18(12-14-6-8-15(33)9-7-14)22(36)30-17(20(34)29-16)5-3-11-28-24(26)27/h6-9,16-19,33,38H,1-5,10-13,25H2,(H,29,34)(H,30,36)(H,31,37)(H,32,35)(H4,26,27,28)/t16-,17-,18-,19-/m0/s1. The topological polar surface area (TPSA) is 227 Å². The molecular formula is C24H38N8O5S. The molecule has 13 nitrogen and oxygen atoms in total. The summed E-state index contributed by atoms with van der Waals surface area (Å²) in [5.74, 6) is -2.33. The van der Waals surface area contributed by atoms with Crippen LogP contribution < -0.4 is 38.5 Å². The number of aliphatic imine (C=N–C) groups is 1. The molecule has 2 rings (SSSR count). The number of guanidine groups is 1. The molecule has 0 aromatic heterocycles. The van der Waals surface area contributed by atoms with Gasteiger partial charge < -0.3 is 43.6 Å². The molecule has 38 heavy (non-hydrogen) atoms. The third-order valence-electron chi connectivity index (χ3n) is 5.98. The highest BCUT2D eigenvalue weighted by Crippen LogP contribution is 2.13. The van der Waals surface area contributed by atoms with Crippen molar-refractivity contribution in [2.24, 2.45) is 22.2 Å². The molecule has 0 unspecified atom stereocenters. The first-order valence-electron chi connectivity index (χ1n) is 12.5. The number of phenols is 1. The molecule has 1 aromatic carbocycles. The molecule has 0 spiro atoms. The SMILES string of the molecule is NCCCC[C@@H]1NC(=O)[C@H](CCCN=C(N)N)NC(=O)[C@H](Cc2ccc(O)cc2)NC(=O)[C@H](CS)NC1=O. The van der Waals surface area contributed by atoms with E-state index in [1.807, 2.05) is 0 Å². The van der Waals surface area contributed by atoms with Crippen molar-refractivity contribution in [2.45, 2.75) is 62.7 Å². The number of nitrogens with two attached hydrogens (primary N) is 3. The second kappa shape index (κ2) is 15.7. The van der Waals surface area contributed by atoms with Crippen molar-refractivity contribution < 1.29 is 24.3 Å². The van der Waals surface area contributed by atoms with Crippen LogP contribution in [0.25, 0.3) is 0 Å². The molecule has 4 atom stereocenters. The molecule has 210 valence electrons. The van der Waals surface area contributed by atoms with Crippen LogP contribution in [0.3, 0.4) is 0 Å². The van der Waals surface area contributed by atoms with Crippen molar-refractivity contribution >= 4 is 42.2 Å². The Kier molecular flexibility index (Phi) is 12.7. The van der Waals surface area contributed by atoms with E-state index in [0.717, 1.165) is 0 Å². The normalized spacial score (nSPS) is 22.7. The molecule has 0 saturated carbocycles. The highest BCUT2D eigenvalue weighted by molar-refractivity contribution is 7.80. The first kappa shape index (κ1) is 30.7. The number of nitrogens with zero attached hydrogens (tertiary/aromatic N) is 1. The summed E-state index contributed by atoms with van der Waals surface area (Å²) in [5.41, 5.74) is 17.0. The van der Waals surface area contributed by atoms with Gasteiger partial charge in [-0.25, -0.2) is 0 Å². The Morgan fingerprint density at radius 1 is 0.789 bits per heavy atom. The lowest BCUT2D eigenvalue weighted by atomic mass is 10.0. The van der Waals surface area contributed by atoms with Crippen LogP contribution in [-0.4, -0.2) is 77.7 Å². The Labute approximate surface area is 227 Å². The third-order valence-corrected chi connectivity index (χ3v) is 6.35. The van der Waals surface area contributed by atoms with Gasteiger partial charge in [0.25, 0.3) is 0 Å². The van der Waals surface area contributed by atoms with Gasteiger partial charge in [0, 0.05) is 18.7 Å². The van der Waals surface area contributed by atoms with Crippen LogP contribution in [0.1, 0.15) is 37.7 Å². The number of benzene rings is 1. The van der Waals surface area contributed by atoms with E-state index in [1.165, 1.54) is 12.1 Å². The Morgan fingerprint density at radius 2 is 1.29 bits per heavy atom. The smallest absolute Gasteiger partial charge is 0.244 e. The monoisotopic (exact) mass is 550 g/mol. The van der Waals surface area contributed by atoms with Gasteiger partial charge in [-0.2, -0.15) is 12.6 Å². The maximum Gasteiger partial charge on any atom is 0.244 e. The maximum atomic E-state index is 13.4. The van der Waals surface area contributed by atoms with Gasteiger partial charge in [-0.15, -0.1) is 0 Å². The van der Waals surface area contributed by atoms with Gasteiger partial charge in [-0.3, -0.25) is 24.2 Å². The van der Waals surface area contributed by atoms with Crippen molar-refractivity contribution in [3.63, 3.8) is 0 Å². The second-order valence-electron chi connectivity index (χ2n) is 9.03. The number of amides is 4. The van der Waals surface area contributed by atoms with E-state index in [-0.39, 0.29) is 36.8 Å². The zero-order valence-corrected chi connectivity index (χ0v) is 22.1. The number of nitrogens with one attached hydrogen (secondary N) is 4. The number of unbranched alkanes of at least 4 members (excludes halogenated alkanes) is 1. The summed E-state index contributed by atoms with van der Waals surface area (Å²) >= 11 is 4.19. The van der Waals surface area contributed by atoms with E-state index in [1.54, 1.807) is 12.1 Å². The van der Waals surface area contributed by atoms with Gasteiger partial charge in [0.2, 0.25) is 23.6 Å². The van der Waals surface area contributed by atoms with Crippen LogP contribution in [-0.2, 0) is 25.6 Å². The van der Waals surface area contributed by atoms with Gasteiger partial charge in [-0.1, -0.05) is 12.1 Å². The van der Waals surface area contributed by atoms with Crippen molar-refractivity contribution in [1.82, 2.24) is 21.3 Å². The summed E-state index contributed by atoms with van der Waals surface area (Å²) in [4.78, 5) is 56.6. The molecule has 1 aliphatic heterocycles. The molecule has 1 heterocycles. The lowest BCUT2D eigenvalue weighted by Gasteiger charge is -2.29. The van der Waals surface area contributed by atoms with Gasteiger partial charge >= 0.3 is 0 Å². The second-order valence-corrected chi connectivity index (χ2v) is 9.40. The highest BCUT2D eigenvalue weighted by atomic mass is 32.1. The summed E-state index contributed by atoms with van der Waals surface area (Å²) in [7, 11) is 0. The number of rotatable bonds is 11. The molecule has 14 heteroatoms. The largest absolute Gasteiger partial charge is 0.508 e. The fraction of sp³-hybridized carbons (Fsp3) is 0.542. The Hall–Kier alpha value is -3.52. The summed E-state index contributed by atoms with van der Waals surface area (Å²) in [6.45, 7) is 0.662. The number of thiol groups is 1. The van der Waals surface area contributed by atoms with E-state index in [9.17, 15) is 24.3 Å². The van der Waals surface area contributed by atoms with Crippen molar-refractivity contribution in [3.8, 4) is 5.75 Å². The minimum Gasteiger partial charge on any atom is -0.508 e. The Bertz CT molecular complexity index is 987. The zero-order chi connectivity index (χ0) is 28.1. The maximum absolute atomic E-state index is 13.4. The molecule has 0 bridgehead atoms. The average Bonchev–Trinajstić information content (AvgIpc) is 2.88. The zero-order valence-electron chi connectivity index (χ0n) is 21.2. The molecule has 1 aliphatic rings. The number of carbonyl (C=O) groups is 4. The number of hydrogen-bond acceptors (Lipinski definition) is 8. The molecular weight excluding hydrogens is 512 g/mol. The van der Waals surface area contributed by atoms with Gasteiger partial charge in [0.15, 0.2) is 5.96 Å².